The van der Waals surface area contributed by atoms with Gasteiger partial charge in [0, 0.05) is 51.5 Å². The van der Waals surface area contributed by atoms with Crippen LogP contribution in [0.5, 0.6) is 5.75 Å². The molecule has 0 saturated carbocycles. The quantitative estimate of drug-likeness (QED) is 0.854. The van der Waals surface area contributed by atoms with Gasteiger partial charge in [-0.1, -0.05) is 12.1 Å². The standard InChI is InChI=1S/C20H27N5O2/c1-27-19-4-2-16(3-5-19)13-25-14-17(12-22-25)20(26)24-9-6-18(15-24)23-10-7-21-8-11-23/h2-5,12,14,18,21H,6-11,13,15H2,1H3. The lowest BCUT2D eigenvalue weighted by Gasteiger charge is -2.32. The van der Waals surface area contributed by atoms with E-state index in [2.05, 4.69) is 15.3 Å². The molecule has 0 bridgehead atoms. The summed E-state index contributed by atoms with van der Waals surface area (Å²) in [5, 5.41) is 7.76. The number of benzene rings is 1. The highest BCUT2D eigenvalue weighted by molar-refractivity contribution is 5.94. The second kappa shape index (κ2) is 8.10. The number of hydrogen-bond acceptors (Lipinski definition) is 5. The van der Waals surface area contributed by atoms with Crippen molar-refractivity contribution in [3.8, 4) is 5.75 Å². The maximum Gasteiger partial charge on any atom is 0.257 e. The summed E-state index contributed by atoms with van der Waals surface area (Å²) in [4.78, 5) is 17.3. The Morgan fingerprint density at radius 2 is 2.00 bits per heavy atom. The molecule has 27 heavy (non-hydrogen) atoms. The second-order valence-electron chi connectivity index (χ2n) is 7.25. The number of methoxy groups -OCH3 is 1. The minimum absolute atomic E-state index is 0.0913. The first-order chi connectivity index (χ1) is 13.2. The first-order valence-corrected chi connectivity index (χ1v) is 9.62. The van der Waals surface area contributed by atoms with E-state index in [0.29, 0.717) is 18.2 Å². The highest BCUT2D eigenvalue weighted by atomic mass is 16.5. The van der Waals surface area contributed by atoms with Crippen molar-refractivity contribution in [2.45, 2.75) is 19.0 Å². The molecule has 4 rings (SSSR count). The summed E-state index contributed by atoms with van der Waals surface area (Å²) in [7, 11) is 1.66. The zero-order valence-corrected chi connectivity index (χ0v) is 15.8. The fraction of sp³-hybridized carbons (Fsp3) is 0.500. The number of rotatable bonds is 5. The predicted octanol–water partition coefficient (Wildman–Crippen LogP) is 1.06. The largest absolute Gasteiger partial charge is 0.497 e. The zero-order valence-electron chi connectivity index (χ0n) is 15.8. The predicted molar refractivity (Wildman–Crippen MR) is 103 cm³/mol. The van der Waals surface area contributed by atoms with E-state index in [1.807, 2.05) is 40.0 Å². The fourth-order valence-corrected chi connectivity index (χ4v) is 3.93. The summed E-state index contributed by atoms with van der Waals surface area (Å²) in [6, 6.07) is 8.39. The van der Waals surface area contributed by atoms with E-state index in [0.717, 1.165) is 57.0 Å². The number of piperazine rings is 1. The summed E-state index contributed by atoms with van der Waals surface area (Å²) in [5.74, 6) is 0.928. The molecule has 2 fully saturated rings. The third kappa shape index (κ3) is 4.14. The van der Waals surface area contributed by atoms with Gasteiger partial charge in [-0.15, -0.1) is 0 Å². The molecular weight excluding hydrogens is 342 g/mol. The maximum absolute atomic E-state index is 12.8. The molecule has 3 heterocycles. The normalized spacial score (nSPS) is 20.8. The Morgan fingerprint density at radius 3 is 2.74 bits per heavy atom. The molecule has 7 nitrogen and oxygen atoms in total. The van der Waals surface area contributed by atoms with Gasteiger partial charge in [-0.05, 0) is 24.1 Å². The van der Waals surface area contributed by atoms with E-state index >= 15 is 0 Å². The molecule has 1 N–H and O–H groups in total. The van der Waals surface area contributed by atoms with Gasteiger partial charge in [-0.3, -0.25) is 14.4 Å². The van der Waals surface area contributed by atoms with Gasteiger partial charge in [0.1, 0.15) is 5.75 Å². The Hall–Kier alpha value is -2.38. The number of aromatic nitrogens is 2. The van der Waals surface area contributed by atoms with E-state index in [1.54, 1.807) is 13.3 Å². The molecule has 144 valence electrons. The molecule has 2 saturated heterocycles. The smallest absolute Gasteiger partial charge is 0.257 e. The lowest BCUT2D eigenvalue weighted by molar-refractivity contribution is 0.0773. The van der Waals surface area contributed by atoms with Crippen molar-refractivity contribution in [3.05, 3.63) is 47.8 Å². The average Bonchev–Trinajstić information content (AvgIpc) is 3.39. The number of amides is 1. The van der Waals surface area contributed by atoms with Gasteiger partial charge < -0.3 is 15.0 Å². The third-order valence-corrected chi connectivity index (χ3v) is 5.50. The molecule has 7 heteroatoms. The summed E-state index contributed by atoms with van der Waals surface area (Å²) in [5.41, 5.74) is 1.79. The first-order valence-electron chi connectivity index (χ1n) is 9.62. The van der Waals surface area contributed by atoms with E-state index < -0.39 is 0 Å². The summed E-state index contributed by atoms with van der Waals surface area (Å²) in [6.07, 6.45) is 4.60. The maximum atomic E-state index is 12.8. The fourth-order valence-electron chi connectivity index (χ4n) is 3.93. The Kier molecular flexibility index (Phi) is 5.40. The summed E-state index contributed by atoms with van der Waals surface area (Å²) < 4.78 is 7.00. The minimum atomic E-state index is 0.0913. The highest BCUT2D eigenvalue weighted by Crippen LogP contribution is 2.19. The Balaban J connectivity index is 1.35. The molecule has 1 unspecified atom stereocenters. The molecule has 1 aromatic heterocycles. The van der Waals surface area contributed by atoms with Crippen LogP contribution >= 0.6 is 0 Å². The first kappa shape index (κ1) is 18.0. The number of carbonyl (C=O) groups is 1. The van der Waals surface area contributed by atoms with Gasteiger partial charge in [0.05, 0.1) is 25.4 Å². The molecule has 0 radical (unpaired) electrons. The van der Waals surface area contributed by atoms with Crippen LogP contribution in [0.4, 0.5) is 0 Å². The molecule has 2 aliphatic heterocycles. The number of hydrogen-bond donors (Lipinski definition) is 1. The molecule has 0 aliphatic carbocycles. The topological polar surface area (TPSA) is 62.6 Å². The molecule has 0 spiro atoms. The molecule has 2 aliphatic rings. The Morgan fingerprint density at radius 1 is 1.22 bits per heavy atom. The Labute approximate surface area is 159 Å². The number of nitrogens with one attached hydrogen (secondary N) is 1. The summed E-state index contributed by atoms with van der Waals surface area (Å²) >= 11 is 0. The van der Waals surface area contributed by atoms with Crippen LogP contribution in [-0.2, 0) is 6.54 Å². The number of carbonyl (C=O) groups excluding carboxylic acids is 1. The molecule has 2 aromatic rings. The van der Waals surface area contributed by atoms with E-state index in [1.165, 1.54) is 0 Å². The summed E-state index contributed by atoms with van der Waals surface area (Å²) in [6.45, 7) is 6.53. The van der Waals surface area contributed by atoms with Crippen molar-refractivity contribution in [2.24, 2.45) is 0 Å². The SMILES string of the molecule is COc1ccc(Cn2cc(C(=O)N3CCC(N4CCNCC4)C3)cn2)cc1. The number of nitrogens with zero attached hydrogens (tertiary/aromatic N) is 4. The monoisotopic (exact) mass is 369 g/mol. The van der Waals surface area contributed by atoms with Gasteiger partial charge in [-0.2, -0.15) is 5.10 Å². The van der Waals surface area contributed by atoms with Crippen molar-refractivity contribution in [1.82, 2.24) is 24.9 Å². The lowest BCUT2D eigenvalue weighted by atomic mass is 10.2. The van der Waals surface area contributed by atoms with Crippen molar-refractivity contribution in [3.63, 3.8) is 0 Å². The van der Waals surface area contributed by atoms with Gasteiger partial charge >= 0.3 is 0 Å². The van der Waals surface area contributed by atoms with E-state index in [9.17, 15) is 4.79 Å². The van der Waals surface area contributed by atoms with Crippen LogP contribution in [-0.4, -0.2) is 77.9 Å². The van der Waals surface area contributed by atoms with Gasteiger partial charge in [0.15, 0.2) is 0 Å². The van der Waals surface area contributed by atoms with Crippen LogP contribution in [0.2, 0.25) is 0 Å². The molecule has 1 aromatic carbocycles. The van der Waals surface area contributed by atoms with E-state index in [-0.39, 0.29) is 5.91 Å². The van der Waals surface area contributed by atoms with Crippen LogP contribution in [0, 0.1) is 0 Å². The van der Waals surface area contributed by atoms with Crippen LogP contribution in [0.25, 0.3) is 0 Å². The molecular formula is C20H27N5O2. The molecule has 1 atom stereocenters. The third-order valence-electron chi connectivity index (χ3n) is 5.50. The highest BCUT2D eigenvalue weighted by Gasteiger charge is 2.31. The second-order valence-corrected chi connectivity index (χ2v) is 7.25. The minimum Gasteiger partial charge on any atom is -0.497 e. The number of ether oxygens (including phenoxy) is 1. The van der Waals surface area contributed by atoms with Crippen molar-refractivity contribution < 1.29 is 9.53 Å². The van der Waals surface area contributed by atoms with Crippen molar-refractivity contribution >= 4 is 5.91 Å². The lowest BCUT2D eigenvalue weighted by Crippen LogP contribution is -2.49. The van der Waals surface area contributed by atoms with Crippen LogP contribution in [0.3, 0.4) is 0 Å². The molecule has 1 amide bonds. The van der Waals surface area contributed by atoms with E-state index in [4.69, 9.17) is 4.74 Å². The number of likely N-dealkylation sites (tertiary alicyclic amines) is 1. The van der Waals surface area contributed by atoms with Gasteiger partial charge in [0.25, 0.3) is 5.91 Å². The zero-order chi connectivity index (χ0) is 18.6. The van der Waals surface area contributed by atoms with Crippen LogP contribution in [0.1, 0.15) is 22.3 Å². The van der Waals surface area contributed by atoms with Crippen LogP contribution in [0.15, 0.2) is 36.7 Å². The van der Waals surface area contributed by atoms with Gasteiger partial charge in [-0.25, -0.2) is 0 Å². The van der Waals surface area contributed by atoms with Gasteiger partial charge in [0.2, 0.25) is 0 Å². The van der Waals surface area contributed by atoms with Crippen molar-refractivity contribution in [2.75, 3.05) is 46.4 Å². The average molecular weight is 369 g/mol. The van der Waals surface area contributed by atoms with Crippen LogP contribution < -0.4 is 10.1 Å². The Bertz CT molecular complexity index is 767. The van der Waals surface area contributed by atoms with Crippen molar-refractivity contribution in [1.29, 1.82) is 0 Å².